The van der Waals surface area contributed by atoms with E-state index in [1.165, 1.54) is 26.3 Å². The van der Waals surface area contributed by atoms with Crippen molar-refractivity contribution in [3.05, 3.63) is 54.1 Å². The molecule has 0 saturated heterocycles. The molecule has 0 radical (unpaired) electrons. The van der Waals surface area contributed by atoms with Crippen molar-refractivity contribution < 1.29 is 22.7 Å². The number of hydrogen-bond donors (Lipinski definition) is 1. The number of carbonyl (C=O) groups is 1. The number of methoxy groups -OCH3 is 2. The van der Waals surface area contributed by atoms with Gasteiger partial charge in [0.2, 0.25) is 15.9 Å². The van der Waals surface area contributed by atoms with E-state index in [0.717, 1.165) is 15.6 Å². The van der Waals surface area contributed by atoms with Gasteiger partial charge in [0.05, 0.1) is 31.7 Å². The quantitative estimate of drug-likeness (QED) is 0.692. The van der Waals surface area contributed by atoms with Gasteiger partial charge >= 0.3 is 0 Å². The van der Waals surface area contributed by atoms with Crippen molar-refractivity contribution in [2.45, 2.75) is 24.3 Å². The van der Waals surface area contributed by atoms with Crippen molar-refractivity contribution >= 4 is 15.9 Å². The molecule has 1 atom stereocenters. The molecule has 1 unspecified atom stereocenters. The maximum absolute atomic E-state index is 12.7. The van der Waals surface area contributed by atoms with Crippen molar-refractivity contribution in [3.8, 4) is 11.5 Å². The zero-order valence-corrected chi connectivity index (χ0v) is 17.3. The lowest BCUT2D eigenvalue weighted by Crippen LogP contribution is -2.39. The van der Waals surface area contributed by atoms with Crippen LogP contribution in [-0.4, -0.2) is 46.4 Å². The molecular weight excluding hydrogens is 380 g/mol. The monoisotopic (exact) mass is 406 g/mol. The highest BCUT2D eigenvalue weighted by Gasteiger charge is 2.24. The molecule has 0 aliphatic rings. The normalized spacial score (nSPS) is 12.5. The first-order chi connectivity index (χ1) is 13.3. The summed E-state index contributed by atoms with van der Waals surface area (Å²) in [6.45, 7) is 1.67. The SMILES string of the molecule is CCC(NC(=O)CN(C)S(=O)(=O)c1ccc(OC)cc1)c1ccc(OC)cc1. The van der Waals surface area contributed by atoms with Crippen molar-refractivity contribution in [3.63, 3.8) is 0 Å². The highest BCUT2D eigenvalue weighted by atomic mass is 32.2. The molecule has 8 heteroatoms. The number of likely N-dealkylation sites (N-methyl/N-ethyl adjacent to an activating group) is 1. The van der Waals surface area contributed by atoms with Crippen molar-refractivity contribution in [1.29, 1.82) is 0 Å². The molecule has 0 fully saturated rings. The molecule has 152 valence electrons. The van der Waals surface area contributed by atoms with Gasteiger partial charge in [0.1, 0.15) is 11.5 Å². The molecule has 0 aliphatic carbocycles. The van der Waals surface area contributed by atoms with E-state index in [1.807, 2.05) is 31.2 Å². The Morgan fingerprint density at radius 2 is 1.50 bits per heavy atom. The number of hydrogen-bond acceptors (Lipinski definition) is 5. The fourth-order valence-electron chi connectivity index (χ4n) is 2.71. The summed E-state index contributed by atoms with van der Waals surface area (Å²) in [4.78, 5) is 12.5. The molecule has 0 aromatic heterocycles. The number of amides is 1. The Balaban J connectivity index is 2.04. The van der Waals surface area contributed by atoms with Crippen molar-refractivity contribution in [1.82, 2.24) is 9.62 Å². The lowest BCUT2D eigenvalue weighted by Gasteiger charge is -2.21. The molecule has 7 nitrogen and oxygen atoms in total. The van der Waals surface area contributed by atoms with E-state index in [-0.39, 0.29) is 23.4 Å². The fraction of sp³-hybridized carbons (Fsp3) is 0.350. The van der Waals surface area contributed by atoms with Crippen LogP contribution in [0.4, 0.5) is 0 Å². The number of carbonyl (C=O) groups excluding carboxylic acids is 1. The van der Waals surface area contributed by atoms with Gasteiger partial charge in [-0.25, -0.2) is 8.42 Å². The van der Waals surface area contributed by atoms with Gasteiger partial charge < -0.3 is 14.8 Å². The van der Waals surface area contributed by atoms with Crippen LogP contribution in [0.2, 0.25) is 0 Å². The first-order valence-electron chi connectivity index (χ1n) is 8.85. The topological polar surface area (TPSA) is 84.9 Å². The molecule has 0 bridgehead atoms. The minimum Gasteiger partial charge on any atom is -0.497 e. The van der Waals surface area contributed by atoms with Crippen LogP contribution in [0.1, 0.15) is 24.9 Å². The standard InChI is InChI=1S/C20H26N2O5S/c1-5-19(15-6-8-16(26-3)9-7-15)21-20(23)14-22(2)28(24,25)18-12-10-17(27-4)11-13-18/h6-13,19H,5,14H2,1-4H3,(H,21,23). The van der Waals surface area contributed by atoms with Gasteiger partial charge in [0, 0.05) is 7.05 Å². The number of sulfonamides is 1. The summed E-state index contributed by atoms with van der Waals surface area (Å²) in [7, 11) is 0.705. The van der Waals surface area contributed by atoms with Crippen LogP contribution in [0, 0.1) is 0 Å². The molecule has 0 aliphatic heterocycles. The second-order valence-corrected chi connectivity index (χ2v) is 8.28. The summed E-state index contributed by atoms with van der Waals surface area (Å²) >= 11 is 0. The zero-order valence-electron chi connectivity index (χ0n) is 16.5. The zero-order chi connectivity index (χ0) is 20.7. The van der Waals surface area contributed by atoms with E-state index in [1.54, 1.807) is 19.2 Å². The van der Waals surface area contributed by atoms with Gasteiger partial charge in [-0.1, -0.05) is 19.1 Å². The fourth-order valence-corrected chi connectivity index (χ4v) is 3.84. The van der Waals surface area contributed by atoms with Gasteiger partial charge in [-0.3, -0.25) is 4.79 Å². The Hall–Kier alpha value is -2.58. The third kappa shape index (κ3) is 5.24. The molecule has 2 aromatic rings. The minimum atomic E-state index is -3.77. The second kappa shape index (κ2) is 9.57. The molecule has 0 saturated carbocycles. The maximum atomic E-state index is 12.7. The van der Waals surface area contributed by atoms with E-state index >= 15 is 0 Å². The Morgan fingerprint density at radius 1 is 1.00 bits per heavy atom. The predicted molar refractivity (Wildman–Crippen MR) is 107 cm³/mol. The van der Waals surface area contributed by atoms with E-state index in [2.05, 4.69) is 5.32 Å². The van der Waals surface area contributed by atoms with Crippen LogP contribution in [0.5, 0.6) is 11.5 Å². The van der Waals surface area contributed by atoms with Crippen LogP contribution in [0.15, 0.2) is 53.4 Å². The van der Waals surface area contributed by atoms with E-state index in [0.29, 0.717) is 12.2 Å². The maximum Gasteiger partial charge on any atom is 0.243 e. The molecule has 2 rings (SSSR count). The second-order valence-electron chi connectivity index (χ2n) is 6.24. The first kappa shape index (κ1) is 21.7. The third-order valence-corrected chi connectivity index (χ3v) is 6.21. The summed E-state index contributed by atoms with van der Waals surface area (Å²) < 4.78 is 36.5. The molecule has 1 amide bonds. The largest absolute Gasteiger partial charge is 0.497 e. The van der Waals surface area contributed by atoms with Crippen molar-refractivity contribution in [2.75, 3.05) is 27.8 Å². The summed E-state index contributed by atoms with van der Waals surface area (Å²) in [5.74, 6) is 0.919. The van der Waals surface area contributed by atoms with E-state index in [4.69, 9.17) is 9.47 Å². The Bertz CT molecular complexity index is 880. The highest BCUT2D eigenvalue weighted by molar-refractivity contribution is 7.89. The Labute approximate surface area is 166 Å². The number of nitrogens with zero attached hydrogens (tertiary/aromatic N) is 1. The number of nitrogens with one attached hydrogen (secondary N) is 1. The molecule has 1 N–H and O–H groups in total. The number of benzene rings is 2. The average molecular weight is 407 g/mol. The van der Waals surface area contributed by atoms with Gasteiger partial charge in [-0.2, -0.15) is 4.31 Å². The average Bonchev–Trinajstić information content (AvgIpc) is 2.72. The lowest BCUT2D eigenvalue weighted by atomic mass is 10.0. The summed E-state index contributed by atoms with van der Waals surface area (Å²) in [6, 6.07) is 13.2. The van der Waals surface area contributed by atoms with Crippen LogP contribution in [0.25, 0.3) is 0 Å². The van der Waals surface area contributed by atoms with E-state index < -0.39 is 10.0 Å². The molecule has 28 heavy (non-hydrogen) atoms. The smallest absolute Gasteiger partial charge is 0.243 e. The van der Waals surface area contributed by atoms with Crippen LogP contribution >= 0.6 is 0 Å². The predicted octanol–water partition coefficient (Wildman–Crippen LogP) is 2.59. The highest BCUT2D eigenvalue weighted by Crippen LogP contribution is 2.21. The number of ether oxygens (including phenoxy) is 2. The van der Waals surface area contributed by atoms with E-state index in [9.17, 15) is 13.2 Å². The van der Waals surface area contributed by atoms with Crippen LogP contribution in [-0.2, 0) is 14.8 Å². The van der Waals surface area contributed by atoms with Crippen LogP contribution < -0.4 is 14.8 Å². The van der Waals surface area contributed by atoms with Crippen LogP contribution in [0.3, 0.4) is 0 Å². The Kier molecular flexibility index (Phi) is 7.42. The van der Waals surface area contributed by atoms with Gasteiger partial charge in [-0.15, -0.1) is 0 Å². The molecule has 0 heterocycles. The van der Waals surface area contributed by atoms with Gasteiger partial charge in [-0.05, 0) is 48.4 Å². The minimum absolute atomic E-state index is 0.103. The lowest BCUT2D eigenvalue weighted by molar-refractivity contribution is -0.121. The van der Waals surface area contributed by atoms with Crippen molar-refractivity contribution in [2.24, 2.45) is 0 Å². The summed E-state index contributed by atoms with van der Waals surface area (Å²) in [5, 5.41) is 2.89. The first-order valence-corrected chi connectivity index (χ1v) is 10.3. The van der Waals surface area contributed by atoms with Gasteiger partial charge in [0.15, 0.2) is 0 Å². The third-order valence-electron chi connectivity index (χ3n) is 4.40. The van der Waals surface area contributed by atoms with Gasteiger partial charge in [0.25, 0.3) is 0 Å². The number of rotatable bonds is 9. The molecule has 0 spiro atoms. The summed E-state index contributed by atoms with van der Waals surface area (Å²) in [5.41, 5.74) is 0.928. The Morgan fingerprint density at radius 3 is 1.96 bits per heavy atom. The molecule has 2 aromatic carbocycles. The summed E-state index contributed by atoms with van der Waals surface area (Å²) in [6.07, 6.45) is 0.674. The molecular formula is C20H26N2O5S.